The minimum atomic E-state index is -0.530. The molecule has 0 aliphatic carbocycles. The van der Waals surface area contributed by atoms with E-state index in [2.05, 4.69) is 16.0 Å². The van der Waals surface area contributed by atoms with Gasteiger partial charge in [-0.05, 0) is 25.0 Å². The molecule has 126 valence electrons. The van der Waals surface area contributed by atoms with Crippen LogP contribution in [0.25, 0.3) is 0 Å². The lowest BCUT2D eigenvalue weighted by atomic mass is 9.98. The molecular formula is C19H23N3O2. The zero-order valence-corrected chi connectivity index (χ0v) is 14.0. The first-order chi connectivity index (χ1) is 11.6. The van der Waals surface area contributed by atoms with Crippen LogP contribution in [-0.4, -0.2) is 24.5 Å². The summed E-state index contributed by atoms with van der Waals surface area (Å²) in [7, 11) is 0. The Morgan fingerprint density at radius 2 is 1.42 bits per heavy atom. The molecule has 0 bridgehead atoms. The Bertz CT molecular complexity index is 619. The monoisotopic (exact) mass is 325 g/mol. The molecule has 0 aromatic heterocycles. The molecule has 1 unspecified atom stereocenters. The normalized spacial score (nSPS) is 11.8. The maximum Gasteiger partial charge on any atom is 0.321 e. The van der Waals surface area contributed by atoms with Crippen molar-refractivity contribution in [2.24, 2.45) is 0 Å². The Morgan fingerprint density at radius 3 is 1.88 bits per heavy atom. The molecule has 2 aromatic rings. The van der Waals surface area contributed by atoms with Crippen LogP contribution in [0.15, 0.2) is 60.7 Å². The lowest BCUT2D eigenvalue weighted by molar-refractivity contribution is -0.121. The van der Waals surface area contributed by atoms with Crippen LogP contribution >= 0.6 is 0 Å². The highest BCUT2D eigenvalue weighted by Gasteiger charge is 2.21. The fraction of sp³-hybridized carbons (Fsp3) is 0.263. The average molecular weight is 325 g/mol. The third kappa shape index (κ3) is 4.93. The van der Waals surface area contributed by atoms with Gasteiger partial charge in [0.2, 0.25) is 5.91 Å². The molecule has 0 fully saturated rings. The van der Waals surface area contributed by atoms with E-state index < -0.39 is 12.1 Å². The summed E-state index contributed by atoms with van der Waals surface area (Å²) in [5, 5.41) is 8.19. The van der Waals surface area contributed by atoms with Gasteiger partial charge in [0.1, 0.15) is 0 Å². The summed E-state index contributed by atoms with van der Waals surface area (Å²) >= 11 is 0. The van der Waals surface area contributed by atoms with E-state index in [1.54, 1.807) is 13.8 Å². The van der Waals surface area contributed by atoms with Crippen molar-refractivity contribution in [2.75, 3.05) is 6.54 Å². The zero-order chi connectivity index (χ0) is 17.4. The second-order valence-electron chi connectivity index (χ2n) is 5.49. The van der Waals surface area contributed by atoms with Gasteiger partial charge in [-0.25, -0.2) is 4.79 Å². The maximum atomic E-state index is 12.2. The number of carbonyl (C=O) groups excluding carboxylic acids is 2. The van der Waals surface area contributed by atoms with E-state index >= 15 is 0 Å². The number of amides is 3. The molecule has 0 saturated carbocycles. The van der Waals surface area contributed by atoms with Gasteiger partial charge in [0.05, 0.1) is 12.1 Å². The van der Waals surface area contributed by atoms with Gasteiger partial charge in [0.15, 0.2) is 0 Å². The molecule has 3 amide bonds. The van der Waals surface area contributed by atoms with Gasteiger partial charge in [-0.1, -0.05) is 60.7 Å². The molecule has 24 heavy (non-hydrogen) atoms. The van der Waals surface area contributed by atoms with Crippen LogP contribution in [0.5, 0.6) is 0 Å². The summed E-state index contributed by atoms with van der Waals surface area (Å²) in [5.74, 6) is -0.363. The number of nitrogens with one attached hydrogen (secondary N) is 3. The molecule has 0 aliphatic heterocycles. The summed E-state index contributed by atoms with van der Waals surface area (Å²) in [4.78, 5) is 23.7. The van der Waals surface area contributed by atoms with E-state index in [-0.39, 0.29) is 11.9 Å². The molecular weight excluding hydrogens is 302 g/mol. The molecule has 0 saturated heterocycles. The van der Waals surface area contributed by atoms with Crippen LogP contribution in [0.1, 0.15) is 31.0 Å². The molecule has 5 nitrogen and oxygen atoms in total. The van der Waals surface area contributed by atoms with Crippen molar-refractivity contribution < 1.29 is 9.59 Å². The zero-order valence-electron chi connectivity index (χ0n) is 14.0. The molecule has 3 N–H and O–H groups in total. The van der Waals surface area contributed by atoms with Crippen LogP contribution in [0.4, 0.5) is 4.79 Å². The SMILES string of the molecule is CCNC(=O)NC(=O)C(C)NC(c1ccccc1)c1ccccc1. The topological polar surface area (TPSA) is 70.2 Å². The molecule has 1 atom stereocenters. The number of rotatable bonds is 6. The Kier molecular flexibility index (Phi) is 6.51. The minimum Gasteiger partial charge on any atom is -0.338 e. The number of urea groups is 1. The van der Waals surface area contributed by atoms with Crippen molar-refractivity contribution in [1.82, 2.24) is 16.0 Å². The number of carbonyl (C=O) groups is 2. The van der Waals surface area contributed by atoms with Gasteiger partial charge in [-0.2, -0.15) is 0 Å². The summed E-state index contributed by atoms with van der Waals surface area (Å²) < 4.78 is 0. The van der Waals surface area contributed by atoms with Crippen molar-refractivity contribution in [3.05, 3.63) is 71.8 Å². The predicted octanol–water partition coefficient (Wildman–Crippen LogP) is 2.60. The van der Waals surface area contributed by atoms with E-state index in [4.69, 9.17) is 0 Å². The van der Waals surface area contributed by atoms with Gasteiger partial charge >= 0.3 is 6.03 Å². The van der Waals surface area contributed by atoms with Gasteiger partial charge < -0.3 is 5.32 Å². The first kappa shape index (κ1) is 17.7. The third-order valence-corrected chi connectivity index (χ3v) is 3.65. The second kappa shape index (κ2) is 8.84. The van der Waals surface area contributed by atoms with Gasteiger partial charge in [0, 0.05) is 6.54 Å². The van der Waals surface area contributed by atoms with Gasteiger partial charge in [-0.15, -0.1) is 0 Å². The number of hydrogen-bond donors (Lipinski definition) is 3. The van der Waals surface area contributed by atoms with Crippen molar-refractivity contribution in [3.8, 4) is 0 Å². The lowest BCUT2D eigenvalue weighted by Gasteiger charge is -2.23. The van der Waals surface area contributed by atoms with Gasteiger partial charge in [-0.3, -0.25) is 15.4 Å². The van der Waals surface area contributed by atoms with Crippen LogP contribution in [-0.2, 0) is 4.79 Å². The van der Waals surface area contributed by atoms with Crippen LogP contribution in [0, 0.1) is 0 Å². The van der Waals surface area contributed by atoms with E-state index in [0.717, 1.165) is 11.1 Å². The Labute approximate surface area is 142 Å². The highest BCUT2D eigenvalue weighted by Crippen LogP contribution is 2.22. The summed E-state index contributed by atoms with van der Waals surface area (Å²) in [6.45, 7) is 4.01. The summed E-state index contributed by atoms with van der Waals surface area (Å²) in [6.07, 6.45) is 0. The van der Waals surface area contributed by atoms with Crippen LogP contribution in [0.2, 0.25) is 0 Å². The van der Waals surface area contributed by atoms with Gasteiger partial charge in [0.25, 0.3) is 0 Å². The highest BCUT2D eigenvalue weighted by molar-refractivity contribution is 5.96. The maximum absolute atomic E-state index is 12.2. The smallest absolute Gasteiger partial charge is 0.321 e. The molecule has 0 spiro atoms. The molecule has 0 radical (unpaired) electrons. The van der Waals surface area contributed by atoms with E-state index in [0.29, 0.717) is 6.54 Å². The fourth-order valence-electron chi connectivity index (χ4n) is 2.43. The molecule has 0 aliphatic rings. The van der Waals surface area contributed by atoms with Crippen LogP contribution < -0.4 is 16.0 Å². The lowest BCUT2D eigenvalue weighted by Crippen LogP contribution is -2.48. The minimum absolute atomic E-state index is 0.137. The fourth-order valence-corrected chi connectivity index (χ4v) is 2.43. The standard InChI is InChI=1S/C19H23N3O2/c1-3-20-19(24)22-18(23)14(2)21-17(15-10-6-4-7-11-15)16-12-8-5-9-13-16/h4-14,17,21H,3H2,1-2H3,(H2,20,22,23,24). The molecule has 2 aromatic carbocycles. The Balaban J connectivity index is 2.14. The second-order valence-corrected chi connectivity index (χ2v) is 5.49. The average Bonchev–Trinajstić information content (AvgIpc) is 2.61. The largest absolute Gasteiger partial charge is 0.338 e. The first-order valence-corrected chi connectivity index (χ1v) is 8.06. The number of hydrogen-bond acceptors (Lipinski definition) is 3. The Hall–Kier alpha value is -2.66. The summed E-state index contributed by atoms with van der Waals surface area (Å²) in [5.41, 5.74) is 2.11. The highest BCUT2D eigenvalue weighted by atomic mass is 16.2. The summed E-state index contributed by atoms with van der Waals surface area (Å²) in [6, 6.07) is 18.7. The number of benzene rings is 2. The quantitative estimate of drug-likeness (QED) is 0.764. The third-order valence-electron chi connectivity index (χ3n) is 3.65. The number of imide groups is 1. The van der Waals surface area contributed by atoms with E-state index in [1.165, 1.54) is 0 Å². The van der Waals surface area contributed by atoms with Crippen molar-refractivity contribution >= 4 is 11.9 Å². The molecule has 5 heteroatoms. The first-order valence-electron chi connectivity index (χ1n) is 8.06. The van der Waals surface area contributed by atoms with E-state index in [9.17, 15) is 9.59 Å². The van der Waals surface area contributed by atoms with Crippen molar-refractivity contribution in [1.29, 1.82) is 0 Å². The van der Waals surface area contributed by atoms with Crippen molar-refractivity contribution in [2.45, 2.75) is 25.9 Å². The van der Waals surface area contributed by atoms with E-state index in [1.807, 2.05) is 60.7 Å². The molecule has 0 heterocycles. The Morgan fingerprint density at radius 1 is 0.917 bits per heavy atom. The molecule has 2 rings (SSSR count). The predicted molar refractivity (Wildman–Crippen MR) is 94.5 cm³/mol. The van der Waals surface area contributed by atoms with Crippen LogP contribution in [0.3, 0.4) is 0 Å². The van der Waals surface area contributed by atoms with Crippen molar-refractivity contribution in [3.63, 3.8) is 0 Å².